The monoisotopic (exact) mass is 312 g/mol. The third-order valence-electron chi connectivity index (χ3n) is 3.52. The second kappa shape index (κ2) is 8.83. The van der Waals surface area contributed by atoms with Gasteiger partial charge in [0.05, 0.1) is 0 Å². The predicted molar refractivity (Wildman–Crippen MR) is 93.9 cm³/mol. The van der Waals surface area contributed by atoms with Gasteiger partial charge >= 0.3 is 6.03 Å². The van der Waals surface area contributed by atoms with Crippen LogP contribution in [0.2, 0.25) is 0 Å². The first-order chi connectivity index (χ1) is 11.2. The van der Waals surface area contributed by atoms with E-state index in [0.717, 1.165) is 17.9 Å². The van der Waals surface area contributed by atoms with Crippen LogP contribution in [0.4, 0.5) is 10.5 Å². The zero-order valence-electron chi connectivity index (χ0n) is 13.8. The molecule has 2 aromatic carbocycles. The van der Waals surface area contributed by atoms with Crippen LogP contribution in [0.3, 0.4) is 0 Å². The van der Waals surface area contributed by atoms with Crippen LogP contribution in [-0.4, -0.2) is 12.8 Å². The standard InChI is InChI=1S/C19H24N2O2/c1-3-4-5-16-8-10-17(11-9-16)21-19(22)20-14-23-18-12-6-15(2)7-13-18/h6-13H,3-5,14H2,1-2H3,(H2,20,21,22). The number of amides is 2. The lowest BCUT2D eigenvalue weighted by molar-refractivity contribution is 0.234. The molecule has 0 saturated heterocycles. The Morgan fingerprint density at radius 1 is 1.04 bits per heavy atom. The third kappa shape index (κ3) is 6.02. The van der Waals surface area contributed by atoms with Gasteiger partial charge in [-0.05, 0) is 49.6 Å². The molecule has 2 amide bonds. The number of carbonyl (C=O) groups excluding carboxylic acids is 1. The summed E-state index contributed by atoms with van der Waals surface area (Å²) in [4.78, 5) is 11.8. The van der Waals surface area contributed by atoms with Crippen molar-refractivity contribution in [3.05, 3.63) is 59.7 Å². The van der Waals surface area contributed by atoms with E-state index < -0.39 is 0 Å². The van der Waals surface area contributed by atoms with E-state index >= 15 is 0 Å². The molecule has 2 aromatic rings. The van der Waals surface area contributed by atoms with Gasteiger partial charge in [-0.15, -0.1) is 0 Å². The Kier molecular flexibility index (Phi) is 6.48. The Balaban J connectivity index is 1.72. The Morgan fingerprint density at radius 2 is 1.74 bits per heavy atom. The van der Waals surface area contributed by atoms with Gasteiger partial charge in [0.2, 0.25) is 0 Å². The van der Waals surface area contributed by atoms with Gasteiger partial charge in [0.15, 0.2) is 6.73 Å². The molecular formula is C19H24N2O2. The quantitative estimate of drug-likeness (QED) is 0.740. The fourth-order valence-electron chi connectivity index (χ4n) is 2.13. The number of anilines is 1. The fraction of sp³-hybridized carbons (Fsp3) is 0.316. The minimum atomic E-state index is -0.279. The lowest BCUT2D eigenvalue weighted by atomic mass is 10.1. The first-order valence-corrected chi connectivity index (χ1v) is 8.00. The summed E-state index contributed by atoms with van der Waals surface area (Å²) < 4.78 is 5.46. The molecule has 0 heterocycles. The van der Waals surface area contributed by atoms with Crippen LogP contribution < -0.4 is 15.4 Å². The number of carbonyl (C=O) groups is 1. The topological polar surface area (TPSA) is 50.4 Å². The number of nitrogens with one attached hydrogen (secondary N) is 2. The summed E-state index contributed by atoms with van der Waals surface area (Å²) in [5.74, 6) is 0.733. The van der Waals surface area contributed by atoms with Crippen molar-refractivity contribution in [3.8, 4) is 5.75 Å². The average Bonchev–Trinajstić information content (AvgIpc) is 2.56. The smallest absolute Gasteiger partial charge is 0.321 e. The van der Waals surface area contributed by atoms with E-state index in [9.17, 15) is 4.79 Å². The molecule has 0 saturated carbocycles. The fourth-order valence-corrected chi connectivity index (χ4v) is 2.13. The maximum atomic E-state index is 11.8. The van der Waals surface area contributed by atoms with E-state index in [0.29, 0.717) is 0 Å². The van der Waals surface area contributed by atoms with Gasteiger partial charge in [-0.2, -0.15) is 0 Å². The van der Waals surface area contributed by atoms with Crippen LogP contribution in [-0.2, 0) is 6.42 Å². The molecular weight excluding hydrogens is 288 g/mol. The maximum Gasteiger partial charge on any atom is 0.321 e. The van der Waals surface area contributed by atoms with E-state index in [1.54, 1.807) is 0 Å². The molecule has 4 nitrogen and oxygen atoms in total. The highest BCUT2D eigenvalue weighted by atomic mass is 16.5. The summed E-state index contributed by atoms with van der Waals surface area (Å²) in [6, 6.07) is 15.4. The van der Waals surface area contributed by atoms with E-state index in [1.807, 2.05) is 55.5 Å². The summed E-state index contributed by atoms with van der Waals surface area (Å²) in [5, 5.41) is 5.46. The zero-order chi connectivity index (χ0) is 16.5. The number of aryl methyl sites for hydroxylation is 2. The molecule has 23 heavy (non-hydrogen) atoms. The van der Waals surface area contributed by atoms with Gasteiger partial charge in [-0.25, -0.2) is 4.79 Å². The summed E-state index contributed by atoms with van der Waals surface area (Å²) in [5.41, 5.74) is 3.24. The van der Waals surface area contributed by atoms with Crippen molar-refractivity contribution in [3.63, 3.8) is 0 Å². The van der Waals surface area contributed by atoms with Crippen molar-refractivity contribution < 1.29 is 9.53 Å². The minimum Gasteiger partial charge on any atom is -0.473 e. The van der Waals surface area contributed by atoms with Crippen molar-refractivity contribution in [2.75, 3.05) is 12.0 Å². The van der Waals surface area contributed by atoms with Gasteiger partial charge in [-0.3, -0.25) is 0 Å². The van der Waals surface area contributed by atoms with Crippen molar-refractivity contribution in [1.82, 2.24) is 5.32 Å². The average molecular weight is 312 g/mol. The molecule has 0 radical (unpaired) electrons. The highest BCUT2D eigenvalue weighted by molar-refractivity contribution is 5.89. The highest BCUT2D eigenvalue weighted by Crippen LogP contribution is 2.12. The van der Waals surface area contributed by atoms with Crippen LogP contribution in [0.5, 0.6) is 5.75 Å². The molecule has 4 heteroatoms. The van der Waals surface area contributed by atoms with Crippen molar-refractivity contribution in [2.24, 2.45) is 0 Å². The largest absolute Gasteiger partial charge is 0.473 e. The second-order valence-electron chi connectivity index (χ2n) is 5.53. The molecule has 2 rings (SSSR count). The highest BCUT2D eigenvalue weighted by Gasteiger charge is 2.02. The van der Waals surface area contributed by atoms with Crippen LogP contribution in [0.15, 0.2) is 48.5 Å². The Hall–Kier alpha value is -2.49. The van der Waals surface area contributed by atoms with Crippen LogP contribution in [0.25, 0.3) is 0 Å². The number of urea groups is 1. The van der Waals surface area contributed by atoms with Gasteiger partial charge < -0.3 is 15.4 Å². The number of unbranched alkanes of at least 4 members (excludes halogenated alkanes) is 1. The molecule has 2 N–H and O–H groups in total. The van der Waals surface area contributed by atoms with Gasteiger partial charge in [-0.1, -0.05) is 43.2 Å². The number of rotatable bonds is 7. The van der Waals surface area contributed by atoms with Gasteiger partial charge in [0, 0.05) is 5.69 Å². The maximum absolute atomic E-state index is 11.8. The SMILES string of the molecule is CCCCc1ccc(NC(=O)NCOc2ccc(C)cc2)cc1. The molecule has 122 valence electrons. The van der Waals surface area contributed by atoms with Crippen LogP contribution in [0.1, 0.15) is 30.9 Å². The number of ether oxygens (including phenoxy) is 1. The van der Waals surface area contributed by atoms with Gasteiger partial charge in [0.25, 0.3) is 0 Å². The van der Waals surface area contributed by atoms with E-state index in [1.165, 1.54) is 24.0 Å². The minimum absolute atomic E-state index is 0.128. The number of hydrogen-bond acceptors (Lipinski definition) is 2. The van der Waals surface area contributed by atoms with E-state index in [-0.39, 0.29) is 12.8 Å². The van der Waals surface area contributed by atoms with Crippen LogP contribution in [0, 0.1) is 6.92 Å². The first kappa shape index (κ1) is 16.9. The summed E-state index contributed by atoms with van der Waals surface area (Å²) in [6.07, 6.45) is 3.44. The number of hydrogen-bond donors (Lipinski definition) is 2. The van der Waals surface area contributed by atoms with Crippen molar-refractivity contribution in [1.29, 1.82) is 0 Å². The Labute approximate surface area is 137 Å². The number of benzene rings is 2. The molecule has 0 aromatic heterocycles. The van der Waals surface area contributed by atoms with E-state index in [4.69, 9.17) is 4.74 Å². The molecule has 0 spiro atoms. The lowest BCUT2D eigenvalue weighted by Crippen LogP contribution is -2.31. The normalized spacial score (nSPS) is 10.2. The molecule has 0 aliphatic heterocycles. The van der Waals surface area contributed by atoms with Gasteiger partial charge in [0.1, 0.15) is 5.75 Å². The Bertz CT molecular complexity index is 606. The molecule has 0 aliphatic rings. The van der Waals surface area contributed by atoms with Crippen molar-refractivity contribution >= 4 is 11.7 Å². The van der Waals surface area contributed by atoms with Crippen molar-refractivity contribution in [2.45, 2.75) is 33.1 Å². The molecule has 0 aliphatic carbocycles. The zero-order valence-corrected chi connectivity index (χ0v) is 13.8. The molecule has 0 fully saturated rings. The molecule has 0 atom stereocenters. The predicted octanol–water partition coefficient (Wildman–Crippen LogP) is 4.50. The summed E-state index contributed by atoms with van der Waals surface area (Å²) >= 11 is 0. The summed E-state index contributed by atoms with van der Waals surface area (Å²) in [6.45, 7) is 4.32. The molecule has 0 bridgehead atoms. The van der Waals surface area contributed by atoms with E-state index in [2.05, 4.69) is 17.6 Å². The lowest BCUT2D eigenvalue weighted by Gasteiger charge is -2.10. The van der Waals surface area contributed by atoms with Crippen LogP contribution >= 0.6 is 0 Å². The molecule has 0 unspecified atom stereocenters. The second-order valence-corrected chi connectivity index (χ2v) is 5.53. The Morgan fingerprint density at radius 3 is 2.39 bits per heavy atom. The summed E-state index contributed by atoms with van der Waals surface area (Å²) in [7, 11) is 0. The third-order valence-corrected chi connectivity index (χ3v) is 3.52. The first-order valence-electron chi connectivity index (χ1n) is 8.00.